The smallest absolute Gasteiger partial charge is 0.420 e. The summed E-state index contributed by atoms with van der Waals surface area (Å²) >= 11 is 0.905. The van der Waals surface area contributed by atoms with Gasteiger partial charge in [0.1, 0.15) is 5.75 Å². The molecule has 5 nitrogen and oxygen atoms in total. The van der Waals surface area contributed by atoms with Crippen molar-refractivity contribution in [1.29, 1.82) is 0 Å². The van der Waals surface area contributed by atoms with E-state index < -0.39 is 29.4 Å². The highest BCUT2D eigenvalue weighted by Gasteiger charge is 2.36. The second-order valence-electron chi connectivity index (χ2n) is 6.70. The van der Waals surface area contributed by atoms with Gasteiger partial charge in [-0.3, -0.25) is 0 Å². The van der Waals surface area contributed by atoms with E-state index in [0.29, 0.717) is 6.42 Å². The molecule has 0 saturated carbocycles. The van der Waals surface area contributed by atoms with E-state index in [9.17, 15) is 26.7 Å². The number of aromatic nitrogens is 1. The molecule has 1 heterocycles. The zero-order valence-corrected chi connectivity index (χ0v) is 17.6. The van der Waals surface area contributed by atoms with Crippen LogP contribution in [0.5, 0.6) is 5.75 Å². The van der Waals surface area contributed by atoms with Crippen molar-refractivity contribution >= 4 is 28.2 Å². The summed E-state index contributed by atoms with van der Waals surface area (Å²) in [5.74, 6) is -2.48. The van der Waals surface area contributed by atoms with Crippen LogP contribution < -0.4 is 15.4 Å². The van der Waals surface area contributed by atoms with Gasteiger partial charge in [0.25, 0.3) is 0 Å². The van der Waals surface area contributed by atoms with Gasteiger partial charge in [0, 0.05) is 10.9 Å². The third-order valence-corrected chi connectivity index (χ3v) is 5.23. The minimum atomic E-state index is -4.74. The van der Waals surface area contributed by atoms with E-state index >= 15 is 0 Å². The third-order valence-electron chi connectivity index (χ3n) is 4.40. The van der Waals surface area contributed by atoms with Crippen molar-refractivity contribution in [3.05, 3.63) is 59.0 Å². The topological polar surface area (TPSA) is 68.5 Å². The molecular weight excluding hydrogens is 453 g/mol. The number of urea groups is 1. The molecule has 0 saturated heterocycles. The lowest BCUT2D eigenvalue weighted by molar-refractivity contribution is -0.138. The van der Waals surface area contributed by atoms with Crippen LogP contribution in [0.4, 0.5) is 37.6 Å². The number of hydrogen-bond donors (Lipinski definition) is 1. The number of halogens is 5. The van der Waals surface area contributed by atoms with Gasteiger partial charge in [-0.05, 0) is 42.8 Å². The van der Waals surface area contributed by atoms with Gasteiger partial charge in [-0.2, -0.15) is 13.2 Å². The van der Waals surface area contributed by atoms with Gasteiger partial charge >= 0.3 is 12.2 Å². The van der Waals surface area contributed by atoms with Gasteiger partial charge in [0.05, 0.1) is 23.6 Å². The average molecular weight is 471 g/mol. The molecule has 3 aromatic rings. The monoisotopic (exact) mass is 471 g/mol. The molecule has 0 aliphatic heterocycles. The molecular formula is C21H18F5N3O2S. The molecule has 0 fully saturated rings. The van der Waals surface area contributed by atoms with Gasteiger partial charge in [-0.15, -0.1) is 11.3 Å². The summed E-state index contributed by atoms with van der Waals surface area (Å²) in [6, 6.07) is 5.20. The molecule has 0 radical (unpaired) electrons. The molecule has 1 aromatic heterocycles. The van der Waals surface area contributed by atoms with Gasteiger partial charge < -0.3 is 10.5 Å². The van der Waals surface area contributed by atoms with E-state index in [4.69, 9.17) is 10.5 Å². The van der Waals surface area contributed by atoms with E-state index in [2.05, 4.69) is 4.98 Å². The Labute approximate surface area is 184 Å². The molecule has 0 spiro atoms. The summed E-state index contributed by atoms with van der Waals surface area (Å²) in [7, 11) is 0. The van der Waals surface area contributed by atoms with Gasteiger partial charge in [0.2, 0.25) is 0 Å². The number of ether oxygens (including phenoxy) is 1. The van der Waals surface area contributed by atoms with Crippen molar-refractivity contribution < 1.29 is 31.5 Å². The average Bonchev–Trinajstić information content (AvgIpc) is 3.19. The molecule has 32 heavy (non-hydrogen) atoms. The number of alkyl halides is 3. The number of carbonyl (C=O) groups excluding carboxylic acids is 1. The highest BCUT2D eigenvalue weighted by molar-refractivity contribution is 7.14. The van der Waals surface area contributed by atoms with Crippen LogP contribution in [0.1, 0.15) is 25.3 Å². The molecule has 2 N–H and O–H groups in total. The molecule has 2 aromatic carbocycles. The number of nitrogens with two attached hydrogens (primary N) is 1. The predicted octanol–water partition coefficient (Wildman–Crippen LogP) is 6.50. The summed E-state index contributed by atoms with van der Waals surface area (Å²) in [5, 5.41) is 1.41. The second kappa shape index (κ2) is 9.51. The van der Waals surface area contributed by atoms with Crippen LogP contribution >= 0.6 is 11.3 Å². The molecule has 0 aliphatic rings. The Morgan fingerprint density at radius 2 is 1.91 bits per heavy atom. The number of amides is 2. The fourth-order valence-corrected chi connectivity index (χ4v) is 3.68. The van der Waals surface area contributed by atoms with E-state index in [1.54, 1.807) is 0 Å². The van der Waals surface area contributed by atoms with Crippen molar-refractivity contribution in [2.45, 2.75) is 25.9 Å². The van der Waals surface area contributed by atoms with Crippen molar-refractivity contribution in [3.63, 3.8) is 0 Å². The first kappa shape index (κ1) is 23.5. The van der Waals surface area contributed by atoms with Gasteiger partial charge in [-0.1, -0.05) is 13.3 Å². The van der Waals surface area contributed by atoms with Crippen LogP contribution in [0.3, 0.4) is 0 Å². The zero-order chi connectivity index (χ0) is 23.5. The maximum Gasteiger partial charge on any atom is 0.420 e. The summed E-state index contributed by atoms with van der Waals surface area (Å²) in [5.41, 5.74) is 4.62. The summed E-state index contributed by atoms with van der Waals surface area (Å²) in [6.07, 6.45) is -3.40. The van der Waals surface area contributed by atoms with Crippen LogP contribution in [-0.4, -0.2) is 17.6 Å². The first-order valence-corrected chi connectivity index (χ1v) is 10.3. The Morgan fingerprint density at radius 3 is 2.53 bits per heavy atom. The molecule has 11 heteroatoms. The normalized spacial score (nSPS) is 11.4. The van der Waals surface area contributed by atoms with E-state index in [1.165, 1.54) is 17.5 Å². The number of primary amides is 1. The lowest BCUT2D eigenvalue weighted by atomic mass is 10.1. The van der Waals surface area contributed by atoms with Crippen molar-refractivity contribution in [1.82, 2.24) is 4.98 Å². The molecule has 0 atom stereocenters. The number of thiazole rings is 1. The molecule has 0 bridgehead atoms. The Hall–Kier alpha value is -3.21. The Bertz CT molecular complexity index is 1120. The second-order valence-corrected chi connectivity index (χ2v) is 7.53. The van der Waals surface area contributed by atoms with Crippen molar-refractivity contribution in [2.75, 3.05) is 11.5 Å². The van der Waals surface area contributed by atoms with E-state index in [-0.39, 0.29) is 34.4 Å². The number of unbranched alkanes of at least 4 members (excludes halogenated alkanes) is 1. The summed E-state index contributed by atoms with van der Waals surface area (Å²) in [6.45, 7) is 1.99. The third kappa shape index (κ3) is 5.16. The SMILES string of the molecule is CCCCOc1ccc(N(C(N)=O)c2nc(-c3ccc(F)c(F)c3)cs2)cc1C(F)(F)F. The highest BCUT2D eigenvalue weighted by atomic mass is 32.1. The molecule has 3 rings (SSSR count). The van der Waals surface area contributed by atoms with E-state index in [0.717, 1.165) is 46.9 Å². The van der Waals surface area contributed by atoms with Crippen molar-refractivity contribution in [2.24, 2.45) is 5.73 Å². The van der Waals surface area contributed by atoms with Gasteiger partial charge in [0.15, 0.2) is 16.8 Å². The number of carbonyl (C=O) groups is 1. The Balaban J connectivity index is 1.99. The molecule has 0 aliphatic carbocycles. The number of rotatable bonds is 7. The largest absolute Gasteiger partial charge is 0.493 e. The molecule has 0 unspecified atom stereocenters. The van der Waals surface area contributed by atoms with Crippen LogP contribution in [0.2, 0.25) is 0 Å². The van der Waals surface area contributed by atoms with Gasteiger partial charge in [-0.25, -0.2) is 23.5 Å². The quantitative estimate of drug-likeness (QED) is 0.316. The zero-order valence-electron chi connectivity index (χ0n) is 16.7. The maximum atomic E-state index is 13.6. The number of nitrogens with zero attached hydrogens (tertiary/aromatic N) is 2. The molecule has 2 amide bonds. The standard InChI is InChI=1S/C21H18F5N3O2S/c1-2-3-8-31-18-7-5-13(10-14(18)21(24,25)26)29(19(27)30)20-28-17(11-32-20)12-4-6-15(22)16(23)9-12/h4-7,9-11H,2-3,8H2,1H3,(H2,27,30). The molecule has 170 valence electrons. The lowest BCUT2D eigenvalue weighted by Crippen LogP contribution is -2.31. The minimum absolute atomic E-state index is 0.0370. The first-order chi connectivity index (χ1) is 15.1. The van der Waals surface area contributed by atoms with E-state index in [1.807, 2.05) is 6.92 Å². The fourth-order valence-electron chi connectivity index (χ4n) is 2.82. The van der Waals surface area contributed by atoms with Crippen LogP contribution in [-0.2, 0) is 6.18 Å². The number of hydrogen-bond acceptors (Lipinski definition) is 4. The highest BCUT2D eigenvalue weighted by Crippen LogP contribution is 2.41. The lowest BCUT2D eigenvalue weighted by Gasteiger charge is -2.21. The summed E-state index contributed by atoms with van der Waals surface area (Å²) < 4.78 is 72.8. The van der Waals surface area contributed by atoms with Crippen molar-refractivity contribution in [3.8, 4) is 17.0 Å². The van der Waals surface area contributed by atoms with Crippen LogP contribution in [0.25, 0.3) is 11.3 Å². The minimum Gasteiger partial charge on any atom is -0.493 e. The van der Waals surface area contributed by atoms with Crippen LogP contribution in [0, 0.1) is 11.6 Å². The number of anilines is 2. The predicted molar refractivity (Wildman–Crippen MR) is 111 cm³/mol. The van der Waals surface area contributed by atoms with Crippen LogP contribution in [0.15, 0.2) is 41.8 Å². The first-order valence-electron chi connectivity index (χ1n) is 9.46. The number of benzene rings is 2. The Morgan fingerprint density at radius 1 is 1.16 bits per heavy atom. The maximum absolute atomic E-state index is 13.6. The Kier molecular flexibility index (Phi) is 6.97. The fraction of sp³-hybridized carbons (Fsp3) is 0.238. The summed E-state index contributed by atoms with van der Waals surface area (Å²) in [4.78, 5) is 17.1.